The van der Waals surface area contributed by atoms with Crippen LogP contribution in [0.3, 0.4) is 0 Å². The Morgan fingerprint density at radius 3 is 1.88 bits per heavy atom. The number of alkyl halides is 3. The van der Waals surface area contributed by atoms with E-state index in [9.17, 15) is 23.1 Å². The van der Waals surface area contributed by atoms with E-state index in [4.69, 9.17) is 28.0 Å². The maximum absolute atomic E-state index is 14.5. The van der Waals surface area contributed by atoms with Gasteiger partial charge in [-0.05, 0) is 39.7 Å². The van der Waals surface area contributed by atoms with E-state index in [1.165, 1.54) is 6.07 Å². The lowest BCUT2D eigenvalue weighted by atomic mass is 9.83. The van der Waals surface area contributed by atoms with Crippen molar-refractivity contribution >= 4 is 56.4 Å². The predicted octanol–water partition coefficient (Wildman–Crippen LogP) is 7.58. The zero-order valence-electron chi connectivity index (χ0n) is 17.2. The molecule has 34 heavy (non-hydrogen) atoms. The fourth-order valence-electron chi connectivity index (χ4n) is 4.49. The van der Waals surface area contributed by atoms with Crippen LogP contribution in [0.1, 0.15) is 27.9 Å². The van der Waals surface area contributed by atoms with Crippen molar-refractivity contribution in [2.45, 2.75) is 18.2 Å². The highest BCUT2D eigenvalue weighted by atomic mass is 35.5. The van der Waals surface area contributed by atoms with Crippen molar-refractivity contribution in [3.63, 3.8) is 0 Å². The Kier molecular flexibility index (Phi) is 5.22. The summed E-state index contributed by atoms with van der Waals surface area (Å²) in [5.41, 5.74) is -2.58. The van der Waals surface area contributed by atoms with Gasteiger partial charge >= 0.3 is 12.1 Å². The molecule has 0 radical (unpaired) electrons. The first-order valence-corrected chi connectivity index (χ1v) is 10.8. The Hall–Kier alpha value is -3.29. The number of aromatic carboxylic acids is 1. The topological polar surface area (TPSA) is 58.9 Å². The quantitative estimate of drug-likeness (QED) is 0.293. The van der Waals surface area contributed by atoms with Crippen LogP contribution in [0.5, 0.6) is 0 Å². The second kappa shape index (κ2) is 7.89. The van der Waals surface area contributed by atoms with Crippen LogP contribution in [0, 0.1) is 0 Å². The Balaban J connectivity index is 1.77. The number of hydrogen-bond donors (Lipinski definition) is 1. The molecule has 1 aliphatic heterocycles. The summed E-state index contributed by atoms with van der Waals surface area (Å²) in [5, 5.41) is 15.6. The predicted molar refractivity (Wildman–Crippen MR) is 125 cm³/mol. The molecule has 0 aromatic heterocycles. The van der Waals surface area contributed by atoms with Crippen LogP contribution >= 0.6 is 23.2 Å². The average molecular weight is 504 g/mol. The molecule has 5 rings (SSSR count). The molecule has 172 valence electrons. The number of carboxylic acid groups (broad SMARTS) is 1. The lowest BCUT2D eigenvalue weighted by Gasteiger charge is -2.29. The maximum Gasteiger partial charge on any atom is 0.435 e. The molecule has 1 N–H and O–H groups in total. The number of hydrogen-bond acceptors (Lipinski definition) is 3. The first kappa shape index (κ1) is 22.5. The standard InChI is InChI=1S/C25H14Cl2F3NO3/c26-14-9-13(10-15(27)11-14)24(25(28,29)30)12-20(31-34-24)21-16-5-1-3-7-18(16)22(23(32)33)19-8-4-2-6-17(19)21/h1-11H,12H2,(H,32,33). The van der Waals surface area contributed by atoms with Crippen LogP contribution in [0.15, 0.2) is 71.9 Å². The van der Waals surface area contributed by atoms with Crippen LogP contribution in [-0.2, 0) is 10.4 Å². The Morgan fingerprint density at radius 2 is 1.41 bits per heavy atom. The molecule has 0 bridgehead atoms. The third kappa shape index (κ3) is 3.38. The van der Waals surface area contributed by atoms with E-state index < -0.39 is 24.2 Å². The summed E-state index contributed by atoms with van der Waals surface area (Å²) in [5.74, 6) is -1.14. The van der Waals surface area contributed by atoms with Gasteiger partial charge in [-0.25, -0.2) is 4.79 Å². The van der Waals surface area contributed by atoms with Crippen molar-refractivity contribution < 1.29 is 27.9 Å². The molecule has 1 unspecified atom stereocenters. The summed E-state index contributed by atoms with van der Waals surface area (Å²) in [6.07, 6.45) is -5.49. The molecule has 0 saturated heterocycles. The minimum Gasteiger partial charge on any atom is -0.478 e. The fourth-order valence-corrected chi connectivity index (χ4v) is 5.02. The van der Waals surface area contributed by atoms with Gasteiger partial charge in [0.15, 0.2) is 0 Å². The zero-order chi connectivity index (χ0) is 24.3. The van der Waals surface area contributed by atoms with Gasteiger partial charge in [0.2, 0.25) is 0 Å². The third-order valence-corrected chi connectivity index (χ3v) is 6.39. The average Bonchev–Trinajstić information content (AvgIpc) is 3.23. The summed E-state index contributed by atoms with van der Waals surface area (Å²) in [6, 6.07) is 16.9. The molecule has 1 aliphatic rings. The summed E-state index contributed by atoms with van der Waals surface area (Å²) in [7, 11) is 0. The summed E-state index contributed by atoms with van der Waals surface area (Å²) in [4.78, 5) is 17.3. The van der Waals surface area contributed by atoms with Crippen molar-refractivity contribution in [2.75, 3.05) is 0 Å². The fraction of sp³-hybridized carbons (Fsp3) is 0.120. The van der Waals surface area contributed by atoms with Crippen LogP contribution < -0.4 is 0 Å². The Bertz CT molecular complexity index is 1440. The third-order valence-electron chi connectivity index (χ3n) is 5.95. The summed E-state index contributed by atoms with van der Waals surface area (Å²) < 4.78 is 43.5. The van der Waals surface area contributed by atoms with Crippen LogP contribution in [0.2, 0.25) is 10.0 Å². The van der Waals surface area contributed by atoms with Crippen molar-refractivity contribution in [2.24, 2.45) is 5.16 Å². The first-order valence-electron chi connectivity index (χ1n) is 10.1. The van der Waals surface area contributed by atoms with Gasteiger partial charge in [-0.2, -0.15) is 13.2 Å². The van der Waals surface area contributed by atoms with Crippen molar-refractivity contribution in [1.82, 2.24) is 0 Å². The van der Waals surface area contributed by atoms with Gasteiger partial charge in [0, 0.05) is 21.2 Å². The highest BCUT2D eigenvalue weighted by Gasteiger charge is 2.62. The molecule has 1 heterocycles. The van der Waals surface area contributed by atoms with E-state index in [0.29, 0.717) is 27.1 Å². The molecule has 0 saturated carbocycles. The number of carboxylic acids is 1. The van der Waals surface area contributed by atoms with E-state index in [2.05, 4.69) is 5.16 Å². The first-order chi connectivity index (χ1) is 16.1. The van der Waals surface area contributed by atoms with E-state index in [-0.39, 0.29) is 26.9 Å². The SMILES string of the molecule is O=C(O)c1c2ccccc2c(C2=NOC(c3cc(Cl)cc(Cl)c3)(C(F)(F)F)C2)c2ccccc12. The summed E-state index contributed by atoms with van der Waals surface area (Å²) >= 11 is 12.0. The molecule has 0 spiro atoms. The normalized spacial score (nSPS) is 18.2. The number of halogens is 5. The van der Waals surface area contributed by atoms with Crippen molar-refractivity contribution in [1.29, 1.82) is 0 Å². The molecule has 0 aliphatic carbocycles. The van der Waals surface area contributed by atoms with Crippen molar-refractivity contribution in [3.05, 3.63) is 93.5 Å². The number of carbonyl (C=O) groups is 1. The highest BCUT2D eigenvalue weighted by Crippen LogP contribution is 2.50. The second-order valence-corrected chi connectivity index (χ2v) is 8.81. The second-order valence-electron chi connectivity index (χ2n) is 7.94. The molecule has 0 amide bonds. The largest absolute Gasteiger partial charge is 0.478 e. The molecule has 0 fully saturated rings. The van der Waals surface area contributed by atoms with E-state index in [0.717, 1.165) is 12.1 Å². The lowest BCUT2D eigenvalue weighted by Crippen LogP contribution is -2.42. The van der Waals surface area contributed by atoms with Gasteiger partial charge in [0.05, 0.1) is 17.7 Å². The number of fused-ring (bicyclic) bond motifs is 2. The minimum atomic E-state index is -4.85. The van der Waals surface area contributed by atoms with Gasteiger partial charge in [0.1, 0.15) is 0 Å². The maximum atomic E-state index is 14.5. The molecular formula is C25H14Cl2F3NO3. The van der Waals surface area contributed by atoms with Gasteiger partial charge in [-0.3, -0.25) is 0 Å². The van der Waals surface area contributed by atoms with Gasteiger partial charge in [0.25, 0.3) is 5.60 Å². The van der Waals surface area contributed by atoms with Crippen LogP contribution in [0.4, 0.5) is 13.2 Å². The zero-order valence-corrected chi connectivity index (χ0v) is 18.7. The van der Waals surface area contributed by atoms with Gasteiger partial charge in [-0.1, -0.05) is 76.9 Å². The number of benzene rings is 4. The minimum absolute atomic E-state index is 0.0323. The molecule has 4 nitrogen and oxygen atoms in total. The number of oxime groups is 1. The molecule has 4 aromatic carbocycles. The summed E-state index contributed by atoms with van der Waals surface area (Å²) in [6.45, 7) is 0. The van der Waals surface area contributed by atoms with Crippen molar-refractivity contribution in [3.8, 4) is 0 Å². The van der Waals surface area contributed by atoms with E-state index >= 15 is 0 Å². The van der Waals surface area contributed by atoms with Gasteiger partial charge < -0.3 is 9.94 Å². The molecule has 4 aromatic rings. The molecule has 9 heteroatoms. The van der Waals surface area contributed by atoms with E-state index in [1.807, 2.05) is 0 Å². The Labute approximate surface area is 201 Å². The van der Waals surface area contributed by atoms with Crippen LogP contribution in [-0.4, -0.2) is 23.0 Å². The van der Waals surface area contributed by atoms with Gasteiger partial charge in [-0.15, -0.1) is 0 Å². The van der Waals surface area contributed by atoms with E-state index in [1.54, 1.807) is 48.5 Å². The molecule has 1 atom stereocenters. The smallest absolute Gasteiger partial charge is 0.435 e. The monoisotopic (exact) mass is 503 g/mol. The number of nitrogens with zero attached hydrogens (tertiary/aromatic N) is 1. The van der Waals surface area contributed by atoms with Crippen LogP contribution in [0.25, 0.3) is 21.5 Å². The molecular weight excluding hydrogens is 490 g/mol. The number of rotatable bonds is 3. The lowest BCUT2D eigenvalue weighted by molar-refractivity contribution is -0.275. The Morgan fingerprint density at radius 1 is 0.912 bits per heavy atom. The highest BCUT2D eigenvalue weighted by molar-refractivity contribution is 6.34.